The highest BCUT2D eigenvalue weighted by molar-refractivity contribution is 5.59. The first-order valence-electron chi connectivity index (χ1n) is 6.34. The van der Waals surface area contributed by atoms with Crippen LogP contribution in [0.25, 0.3) is 0 Å². The number of anilines is 1. The van der Waals surface area contributed by atoms with Gasteiger partial charge in [-0.2, -0.15) is 0 Å². The largest absolute Gasteiger partial charge is 0.381 e. The lowest BCUT2D eigenvalue weighted by molar-refractivity contribution is -0.385. The maximum atomic E-state index is 12.4. The zero-order chi connectivity index (χ0) is 15.4. The highest BCUT2D eigenvalue weighted by atomic mass is 19.3. The number of hydrogen-bond donors (Lipinski definition) is 1. The van der Waals surface area contributed by atoms with Crippen molar-refractivity contribution in [3.05, 3.63) is 69.3 Å². The molecule has 2 rings (SSSR count). The molecular weight excluding hydrogens is 278 g/mol. The molecule has 21 heavy (non-hydrogen) atoms. The Hall–Kier alpha value is -2.50. The van der Waals surface area contributed by atoms with Crippen molar-refractivity contribution < 1.29 is 13.7 Å². The van der Waals surface area contributed by atoms with E-state index in [1.165, 1.54) is 18.2 Å². The number of nitro groups is 1. The number of benzene rings is 2. The summed E-state index contributed by atoms with van der Waals surface area (Å²) in [5.41, 5.74) is 2.05. The van der Waals surface area contributed by atoms with Crippen LogP contribution in [-0.2, 0) is 6.54 Å². The summed E-state index contributed by atoms with van der Waals surface area (Å²) in [5.74, 6) is 0. The van der Waals surface area contributed by atoms with E-state index < -0.39 is 11.3 Å². The molecule has 0 heterocycles. The zero-order valence-corrected chi connectivity index (χ0v) is 11.3. The van der Waals surface area contributed by atoms with E-state index in [-0.39, 0.29) is 11.3 Å². The average Bonchev–Trinajstić information content (AvgIpc) is 2.46. The van der Waals surface area contributed by atoms with E-state index >= 15 is 0 Å². The molecule has 1 N–H and O–H groups in total. The van der Waals surface area contributed by atoms with Crippen LogP contribution in [0.5, 0.6) is 0 Å². The maximum Gasteiger partial charge on any atom is 0.274 e. The van der Waals surface area contributed by atoms with Gasteiger partial charge >= 0.3 is 0 Å². The highest BCUT2D eigenvalue weighted by Crippen LogP contribution is 2.25. The quantitative estimate of drug-likeness (QED) is 0.654. The van der Waals surface area contributed by atoms with Crippen LogP contribution in [0.3, 0.4) is 0 Å². The Labute approximate surface area is 120 Å². The van der Waals surface area contributed by atoms with Gasteiger partial charge in [0.2, 0.25) is 0 Å². The normalized spacial score (nSPS) is 10.7. The summed E-state index contributed by atoms with van der Waals surface area (Å²) < 4.78 is 24.9. The monoisotopic (exact) mass is 292 g/mol. The average molecular weight is 292 g/mol. The lowest BCUT2D eigenvalue weighted by Crippen LogP contribution is -2.03. The molecule has 0 spiro atoms. The Bertz CT molecular complexity index is 643. The lowest BCUT2D eigenvalue weighted by atomic mass is 10.1. The van der Waals surface area contributed by atoms with Crippen molar-refractivity contribution in [2.24, 2.45) is 0 Å². The molecular formula is C15H14F2N2O2. The third-order valence-corrected chi connectivity index (χ3v) is 3.22. The molecule has 4 nitrogen and oxygen atoms in total. The third-order valence-electron chi connectivity index (χ3n) is 3.22. The molecule has 0 aromatic heterocycles. The van der Waals surface area contributed by atoms with Gasteiger partial charge in [-0.15, -0.1) is 0 Å². The molecule has 110 valence electrons. The SMILES string of the molecule is Cc1c(NCc2ccc(C(F)F)cc2)cccc1[N+](=O)[O-]. The van der Waals surface area contributed by atoms with Crippen molar-refractivity contribution in [2.75, 3.05) is 5.32 Å². The van der Waals surface area contributed by atoms with E-state index in [0.29, 0.717) is 17.8 Å². The smallest absolute Gasteiger partial charge is 0.274 e. The minimum Gasteiger partial charge on any atom is -0.381 e. The first-order valence-corrected chi connectivity index (χ1v) is 6.34. The molecule has 0 unspecified atom stereocenters. The number of rotatable bonds is 5. The van der Waals surface area contributed by atoms with Crippen molar-refractivity contribution in [3.8, 4) is 0 Å². The van der Waals surface area contributed by atoms with Gasteiger partial charge < -0.3 is 5.32 Å². The fourth-order valence-corrected chi connectivity index (χ4v) is 1.99. The van der Waals surface area contributed by atoms with E-state index in [2.05, 4.69) is 5.32 Å². The molecule has 0 bridgehead atoms. The molecule has 2 aromatic carbocycles. The van der Waals surface area contributed by atoms with Gasteiger partial charge in [0.05, 0.1) is 4.92 Å². The molecule has 0 aliphatic carbocycles. The van der Waals surface area contributed by atoms with E-state index in [4.69, 9.17) is 0 Å². The fourth-order valence-electron chi connectivity index (χ4n) is 1.99. The molecule has 0 radical (unpaired) electrons. The minimum atomic E-state index is -2.48. The summed E-state index contributed by atoms with van der Waals surface area (Å²) in [5, 5.41) is 13.9. The van der Waals surface area contributed by atoms with Gasteiger partial charge in [-0.25, -0.2) is 8.78 Å². The first-order chi connectivity index (χ1) is 9.99. The second-order valence-corrected chi connectivity index (χ2v) is 4.60. The van der Waals surface area contributed by atoms with Crippen LogP contribution in [0, 0.1) is 17.0 Å². The second-order valence-electron chi connectivity index (χ2n) is 4.60. The Morgan fingerprint density at radius 1 is 1.19 bits per heavy atom. The van der Waals surface area contributed by atoms with E-state index in [9.17, 15) is 18.9 Å². The van der Waals surface area contributed by atoms with Gasteiger partial charge in [-0.1, -0.05) is 30.3 Å². The third kappa shape index (κ3) is 3.53. The van der Waals surface area contributed by atoms with Crippen molar-refractivity contribution >= 4 is 11.4 Å². The van der Waals surface area contributed by atoms with Crippen molar-refractivity contribution in [1.82, 2.24) is 0 Å². The Kier molecular flexibility index (Phi) is 4.47. The van der Waals surface area contributed by atoms with Crippen LogP contribution in [0.1, 0.15) is 23.1 Å². The number of hydrogen-bond acceptors (Lipinski definition) is 3. The van der Waals surface area contributed by atoms with Gasteiger partial charge in [0, 0.05) is 29.4 Å². The van der Waals surface area contributed by atoms with Crippen LogP contribution in [0.15, 0.2) is 42.5 Å². The van der Waals surface area contributed by atoms with E-state index in [0.717, 1.165) is 5.56 Å². The molecule has 0 aliphatic heterocycles. The Balaban J connectivity index is 2.09. The first kappa shape index (κ1) is 14.9. The van der Waals surface area contributed by atoms with Gasteiger partial charge in [-0.05, 0) is 18.6 Å². The van der Waals surface area contributed by atoms with Crippen LogP contribution >= 0.6 is 0 Å². The van der Waals surface area contributed by atoms with Crippen LogP contribution in [-0.4, -0.2) is 4.92 Å². The number of alkyl halides is 2. The molecule has 0 aliphatic rings. The predicted molar refractivity (Wildman–Crippen MR) is 76.6 cm³/mol. The van der Waals surface area contributed by atoms with Gasteiger partial charge in [0.1, 0.15) is 0 Å². The number of halogens is 2. The molecule has 0 atom stereocenters. The second kappa shape index (κ2) is 6.30. The van der Waals surface area contributed by atoms with Crippen molar-refractivity contribution in [3.63, 3.8) is 0 Å². The van der Waals surface area contributed by atoms with Crippen LogP contribution in [0.4, 0.5) is 20.2 Å². The maximum absolute atomic E-state index is 12.4. The summed E-state index contributed by atoms with van der Waals surface area (Å²) in [6.45, 7) is 2.08. The summed E-state index contributed by atoms with van der Waals surface area (Å²) >= 11 is 0. The molecule has 0 saturated heterocycles. The fraction of sp³-hybridized carbons (Fsp3) is 0.200. The minimum absolute atomic E-state index is 0.0229. The molecule has 2 aromatic rings. The summed E-state index contributed by atoms with van der Waals surface area (Å²) in [6, 6.07) is 10.8. The number of nitro benzene ring substituents is 1. The van der Waals surface area contributed by atoms with E-state index in [1.54, 1.807) is 31.2 Å². The zero-order valence-electron chi connectivity index (χ0n) is 11.3. The molecule has 0 saturated carbocycles. The molecule has 0 fully saturated rings. The van der Waals surface area contributed by atoms with Gasteiger partial charge in [0.15, 0.2) is 0 Å². The number of nitrogens with zero attached hydrogens (tertiary/aromatic N) is 1. The van der Waals surface area contributed by atoms with Crippen molar-refractivity contribution in [1.29, 1.82) is 0 Å². The Morgan fingerprint density at radius 2 is 1.86 bits per heavy atom. The number of nitrogens with one attached hydrogen (secondary N) is 1. The van der Waals surface area contributed by atoms with Gasteiger partial charge in [-0.3, -0.25) is 10.1 Å². The van der Waals surface area contributed by atoms with E-state index in [1.807, 2.05) is 0 Å². The standard InChI is InChI=1S/C15H14F2N2O2/c1-10-13(3-2-4-14(10)19(20)21)18-9-11-5-7-12(8-6-11)15(16)17/h2-8,15,18H,9H2,1H3. The highest BCUT2D eigenvalue weighted by Gasteiger charge is 2.13. The summed E-state index contributed by atoms with van der Waals surface area (Å²) in [6.07, 6.45) is -2.48. The van der Waals surface area contributed by atoms with Crippen LogP contribution in [0.2, 0.25) is 0 Å². The molecule has 6 heteroatoms. The predicted octanol–water partition coefficient (Wildman–Crippen LogP) is 4.45. The molecule has 0 amide bonds. The summed E-state index contributed by atoms with van der Waals surface area (Å²) in [4.78, 5) is 10.4. The summed E-state index contributed by atoms with van der Waals surface area (Å²) in [7, 11) is 0. The lowest BCUT2D eigenvalue weighted by Gasteiger charge is -2.10. The van der Waals surface area contributed by atoms with Gasteiger partial charge in [0.25, 0.3) is 12.1 Å². The Morgan fingerprint density at radius 3 is 2.43 bits per heavy atom. The van der Waals surface area contributed by atoms with Crippen molar-refractivity contribution in [2.45, 2.75) is 19.9 Å². The van der Waals surface area contributed by atoms with Crippen LogP contribution < -0.4 is 5.32 Å². The topological polar surface area (TPSA) is 55.2 Å².